The lowest BCUT2D eigenvalue weighted by Gasteiger charge is -2.35. The summed E-state index contributed by atoms with van der Waals surface area (Å²) in [6.07, 6.45) is 1.06. The maximum atomic E-state index is 13.3. The lowest BCUT2D eigenvalue weighted by molar-refractivity contribution is 0.0954. The zero-order valence-corrected chi connectivity index (χ0v) is 18.0. The summed E-state index contributed by atoms with van der Waals surface area (Å²) in [5.74, 6) is 0.284. The third-order valence-corrected chi connectivity index (χ3v) is 6.20. The van der Waals surface area contributed by atoms with Crippen molar-refractivity contribution in [3.8, 4) is 0 Å². The average Bonchev–Trinajstić information content (AvgIpc) is 3.15. The van der Waals surface area contributed by atoms with Crippen LogP contribution >= 0.6 is 22.9 Å². The highest BCUT2D eigenvalue weighted by Crippen LogP contribution is 2.28. The molecule has 1 aliphatic heterocycles. The minimum absolute atomic E-state index is 0.258. The molecule has 31 heavy (non-hydrogen) atoms. The van der Waals surface area contributed by atoms with E-state index in [0.29, 0.717) is 52.4 Å². The maximum absolute atomic E-state index is 13.3. The second-order valence-corrected chi connectivity index (χ2v) is 8.66. The van der Waals surface area contributed by atoms with Gasteiger partial charge in [0, 0.05) is 38.8 Å². The Kier molecular flexibility index (Phi) is 6.51. The highest BCUT2D eigenvalue weighted by atomic mass is 35.5. The first-order valence-electron chi connectivity index (χ1n) is 9.73. The summed E-state index contributed by atoms with van der Waals surface area (Å²) in [4.78, 5) is 25.0. The fourth-order valence-electron chi connectivity index (χ4n) is 3.40. The number of benzene rings is 1. The molecule has 1 saturated heterocycles. The van der Waals surface area contributed by atoms with Gasteiger partial charge in [-0.15, -0.1) is 0 Å². The van der Waals surface area contributed by atoms with Gasteiger partial charge in [-0.1, -0.05) is 22.9 Å². The van der Waals surface area contributed by atoms with Gasteiger partial charge in [0.1, 0.15) is 11.6 Å². The van der Waals surface area contributed by atoms with Crippen LogP contribution in [-0.4, -0.2) is 70.0 Å². The largest absolute Gasteiger partial charge is 0.394 e. The van der Waals surface area contributed by atoms with Crippen LogP contribution in [0.2, 0.25) is 5.02 Å². The Morgan fingerprint density at radius 3 is 2.77 bits per heavy atom. The third-order valence-electron chi connectivity index (χ3n) is 4.99. The van der Waals surface area contributed by atoms with E-state index in [2.05, 4.69) is 15.3 Å². The minimum atomic E-state index is -0.847. The van der Waals surface area contributed by atoms with Crippen molar-refractivity contribution < 1.29 is 19.4 Å². The number of anilines is 2. The van der Waals surface area contributed by atoms with Crippen molar-refractivity contribution in [3.63, 3.8) is 0 Å². The summed E-state index contributed by atoms with van der Waals surface area (Å²) in [6, 6.07) is 5.80. The molecule has 164 valence electrons. The molecule has 3 heterocycles. The monoisotopic (exact) mass is 465 g/mol. The van der Waals surface area contributed by atoms with Gasteiger partial charge >= 0.3 is 6.03 Å². The second kappa shape index (κ2) is 9.31. The van der Waals surface area contributed by atoms with E-state index in [-0.39, 0.29) is 24.9 Å². The fourth-order valence-corrected chi connectivity index (χ4v) is 4.58. The predicted octanol–water partition coefficient (Wildman–Crippen LogP) is 2.73. The van der Waals surface area contributed by atoms with Crippen molar-refractivity contribution in [2.75, 3.05) is 43.0 Å². The topological polar surface area (TPSA) is 102 Å². The first-order valence-corrected chi connectivity index (χ1v) is 10.9. The molecule has 0 saturated carbocycles. The summed E-state index contributed by atoms with van der Waals surface area (Å²) in [7, 11) is 0. The van der Waals surface area contributed by atoms with Crippen LogP contribution in [0.15, 0.2) is 30.5 Å². The number of thiazole rings is 1. The van der Waals surface area contributed by atoms with Gasteiger partial charge in [0.25, 0.3) is 0 Å². The molecule has 0 unspecified atom stereocenters. The van der Waals surface area contributed by atoms with Gasteiger partial charge < -0.3 is 20.0 Å². The molecule has 0 bridgehead atoms. The lowest BCUT2D eigenvalue weighted by Crippen LogP contribution is -2.50. The molecule has 3 aromatic rings. The van der Waals surface area contributed by atoms with E-state index < -0.39 is 6.10 Å². The molecule has 3 N–H and O–H groups in total. The molecule has 8 nitrogen and oxygen atoms in total. The Balaban J connectivity index is 1.35. The van der Waals surface area contributed by atoms with Gasteiger partial charge in [-0.2, -0.15) is 0 Å². The summed E-state index contributed by atoms with van der Waals surface area (Å²) < 4.78 is 14.0. The minimum Gasteiger partial charge on any atom is -0.394 e. The van der Waals surface area contributed by atoms with Gasteiger partial charge in [0.15, 0.2) is 5.13 Å². The summed E-state index contributed by atoms with van der Waals surface area (Å²) in [5, 5.41) is 22.2. The summed E-state index contributed by atoms with van der Waals surface area (Å²) in [6.45, 7) is 1.76. The molecule has 11 heteroatoms. The number of amides is 2. The number of aliphatic hydroxyl groups excluding tert-OH is 2. The predicted molar refractivity (Wildman–Crippen MR) is 118 cm³/mol. The van der Waals surface area contributed by atoms with Gasteiger partial charge in [-0.25, -0.2) is 19.2 Å². The Morgan fingerprint density at radius 1 is 1.29 bits per heavy atom. The van der Waals surface area contributed by atoms with Crippen LogP contribution < -0.4 is 10.2 Å². The van der Waals surface area contributed by atoms with Crippen LogP contribution in [0.25, 0.3) is 10.2 Å². The molecule has 4 rings (SSSR count). The van der Waals surface area contributed by atoms with Crippen LogP contribution in [0.1, 0.15) is 5.56 Å². The Labute approximate surface area is 186 Å². The zero-order chi connectivity index (χ0) is 22.0. The van der Waals surface area contributed by atoms with Crippen LogP contribution in [0.4, 0.5) is 20.1 Å². The molecule has 1 atom stereocenters. The molecule has 1 aliphatic rings. The molecule has 0 aliphatic carbocycles. The highest BCUT2D eigenvalue weighted by Gasteiger charge is 2.24. The number of hydrogen-bond donors (Lipinski definition) is 3. The van der Waals surface area contributed by atoms with Gasteiger partial charge in [0.05, 0.1) is 28.0 Å². The number of nitrogens with one attached hydrogen (secondary N) is 1. The van der Waals surface area contributed by atoms with E-state index in [1.54, 1.807) is 23.2 Å². The average molecular weight is 466 g/mol. The third kappa shape index (κ3) is 5.04. The second-order valence-electron chi connectivity index (χ2n) is 7.22. The van der Waals surface area contributed by atoms with Crippen LogP contribution in [0.3, 0.4) is 0 Å². The quantitative estimate of drug-likeness (QED) is 0.535. The number of pyridine rings is 1. The van der Waals surface area contributed by atoms with E-state index in [1.165, 1.54) is 23.5 Å². The molecular formula is C20H21ClFN5O3S. The number of aromatic nitrogens is 2. The maximum Gasteiger partial charge on any atom is 0.323 e. The number of rotatable bonds is 5. The van der Waals surface area contributed by atoms with Gasteiger partial charge in [-0.05, 0) is 29.8 Å². The number of urea groups is 1. The number of nitrogens with zero attached hydrogens (tertiary/aromatic N) is 4. The Morgan fingerprint density at radius 2 is 2.06 bits per heavy atom. The van der Waals surface area contributed by atoms with Gasteiger partial charge in [0.2, 0.25) is 0 Å². The van der Waals surface area contributed by atoms with Gasteiger partial charge in [-0.3, -0.25) is 5.32 Å². The summed E-state index contributed by atoms with van der Waals surface area (Å²) in [5.41, 5.74) is 1.38. The molecule has 0 spiro atoms. The summed E-state index contributed by atoms with van der Waals surface area (Å²) >= 11 is 7.60. The number of aliphatic hydroxyl groups is 2. The number of hydrogen-bond acceptors (Lipinski definition) is 7. The zero-order valence-electron chi connectivity index (χ0n) is 16.5. The molecule has 1 aromatic carbocycles. The lowest BCUT2D eigenvalue weighted by atomic mass is 10.1. The highest BCUT2D eigenvalue weighted by molar-refractivity contribution is 7.22. The first-order chi connectivity index (χ1) is 14.9. The van der Waals surface area contributed by atoms with E-state index in [1.807, 2.05) is 4.90 Å². The van der Waals surface area contributed by atoms with E-state index in [9.17, 15) is 14.3 Å². The molecule has 2 aromatic heterocycles. The van der Waals surface area contributed by atoms with Crippen molar-refractivity contribution in [1.29, 1.82) is 0 Å². The Hall–Kier alpha value is -2.53. The van der Waals surface area contributed by atoms with Crippen molar-refractivity contribution >= 4 is 50.1 Å². The van der Waals surface area contributed by atoms with Crippen molar-refractivity contribution in [2.24, 2.45) is 0 Å². The van der Waals surface area contributed by atoms with E-state index >= 15 is 0 Å². The van der Waals surface area contributed by atoms with Crippen molar-refractivity contribution in [3.05, 3.63) is 46.9 Å². The Bertz CT molecular complexity index is 1090. The SMILES string of the molecule is O=C(Nc1nc2ccc(F)cc2s1)N1CCN(c2ncc(C[C@@H](O)CO)cc2Cl)CC1. The van der Waals surface area contributed by atoms with Crippen molar-refractivity contribution in [2.45, 2.75) is 12.5 Å². The van der Waals surface area contributed by atoms with E-state index in [0.717, 1.165) is 5.56 Å². The molecule has 1 fully saturated rings. The molecule has 0 radical (unpaired) electrons. The fraction of sp³-hybridized carbons (Fsp3) is 0.350. The normalized spacial score (nSPS) is 15.4. The number of piperazine rings is 1. The molecular weight excluding hydrogens is 445 g/mol. The number of halogens is 2. The van der Waals surface area contributed by atoms with Crippen LogP contribution in [0.5, 0.6) is 0 Å². The van der Waals surface area contributed by atoms with Crippen LogP contribution in [-0.2, 0) is 6.42 Å². The van der Waals surface area contributed by atoms with Crippen molar-refractivity contribution in [1.82, 2.24) is 14.9 Å². The molecule has 2 amide bonds. The number of fused-ring (bicyclic) bond motifs is 1. The van der Waals surface area contributed by atoms with Crippen LogP contribution in [0, 0.1) is 5.82 Å². The number of carbonyl (C=O) groups is 1. The smallest absolute Gasteiger partial charge is 0.323 e. The standard InChI is InChI=1S/C20H21ClFN5O3S/c21-15-8-12(7-14(29)11-28)10-23-18(15)26-3-5-27(6-4-26)20(30)25-19-24-16-2-1-13(22)9-17(16)31-19/h1-2,8-10,14,28-29H,3-7,11H2,(H,24,25,30)/t14-/m1/s1. The van der Waals surface area contributed by atoms with E-state index in [4.69, 9.17) is 16.7 Å². The number of carbonyl (C=O) groups excluding carboxylic acids is 1. The first kappa shape index (κ1) is 21.7.